The van der Waals surface area contributed by atoms with E-state index in [0.717, 1.165) is 44.4 Å². The zero-order valence-corrected chi connectivity index (χ0v) is 31.0. The van der Waals surface area contributed by atoms with Gasteiger partial charge in [0.2, 0.25) is 0 Å². The van der Waals surface area contributed by atoms with E-state index in [1.807, 2.05) is 0 Å². The Morgan fingerprint density at radius 1 is 0.357 bits per heavy atom. The highest BCUT2D eigenvalue weighted by Gasteiger charge is 2.22. The van der Waals surface area contributed by atoms with Gasteiger partial charge in [-0.2, -0.15) is 0 Å². The number of rotatable bonds is 5. The van der Waals surface area contributed by atoms with Crippen molar-refractivity contribution in [1.29, 1.82) is 0 Å². The number of para-hydroxylation sites is 4. The summed E-state index contributed by atoms with van der Waals surface area (Å²) in [4.78, 5) is 6.42. The molecule has 0 fully saturated rings. The normalized spacial score (nSPS) is 11.9. The first kappa shape index (κ1) is 31.2. The summed E-state index contributed by atoms with van der Waals surface area (Å²) >= 11 is 1.75. The van der Waals surface area contributed by atoms with E-state index in [9.17, 15) is 0 Å². The van der Waals surface area contributed by atoms with Crippen LogP contribution in [-0.4, -0.2) is 18.5 Å². The van der Waals surface area contributed by atoms with Crippen molar-refractivity contribution in [2.75, 3.05) is 0 Å². The summed E-state index contributed by atoms with van der Waals surface area (Å²) in [5.41, 5.74) is 15.0. The number of benzene rings is 8. The lowest BCUT2D eigenvalue weighted by Gasteiger charge is -2.10. The summed E-state index contributed by atoms with van der Waals surface area (Å²) in [6.45, 7) is 0. The molecule has 4 aromatic heterocycles. The summed E-state index contributed by atoms with van der Waals surface area (Å²) in [6.07, 6.45) is 0. The molecule has 8 aromatic carbocycles. The molecule has 262 valence electrons. The topological polar surface area (TPSA) is 27.2 Å². The molecule has 0 atom stereocenters. The first-order valence-electron chi connectivity index (χ1n) is 19.0. The lowest BCUT2D eigenvalue weighted by atomic mass is 10.0. The second kappa shape index (κ2) is 12.2. The van der Waals surface area contributed by atoms with Gasteiger partial charge in [-0.3, -0.25) is 4.40 Å². The number of hydrogen-bond acceptors (Lipinski definition) is 2. The lowest BCUT2D eigenvalue weighted by Crippen LogP contribution is -1.93. The van der Waals surface area contributed by atoms with Crippen LogP contribution in [0.4, 0.5) is 0 Å². The van der Waals surface area contributed by atoms with E-state index in [1.54, 1.807) is 11.3 Å². The number of imidazole rings is 1. The molecule has 0 aliphatic heterocycles. The first-order chi connectivity index (χ1) is 27.8. The monoisotopic (exact) mass is 732 g/mol. The quantitative estimate of drug-likeness (QED) is 0.173. The van der Waals surface area contributed by atoms with Crippen LogP contribution in [0.2, 0.25) is 0 Å². The Morgan fingerprint density at radius 2 is 0.875 bits per heavy atom. The minimum absolute atomic E-state index is 0.984. The van der Waals surface area contributed by atoms with Crippen molar-refractivity contribution < 1.29 is 0 Å². The highest BCUT2D eigenvalue weighted by molar-refractivity contribution is 7.23. The predicted molar refractivity (Wildman–Crippen MR) is 236 cm³/mol. The third-order valence-electron chi connectivity index (χ3n) is 11.3. The highest BCUT2D eigenvalue weighted by Crippen LogP contribution is 2.42. The first-order valence-corrected chi connectivity index (χ1v) is 19.8. The van der Waals surface area contributed by atoms with Gasteiger partial charge in [0.1, 0.15) is 0 Å². The average Bonchev–Trinajstić information content (AvgIpc) is 4.00. The molecule has 12 aromatic rings. The molecule has 0 spiro atoms. The fourth-order valence-corrected chi connectivity index (χ4v) is 9.80. The molecule has 0 saturated carbocycles. The maximum atomic E-state index is 5.43. The molecule has 0 radical (unpaired) electrons. The summed E-state index contributed by atoms with van der Waals surface area (Å²) < 4.78 is 8.34. The third-order valence-corrected chi connectivity index (χ3v) is 12.3. The van der Waals surface area contributed by atoms with Gasteiger partial charge in [0, 0.05) is 44.0 Å². The van der Waals surface area contributed by atoms with Crippen molar-refractivity contribution in [3.63, 3.8) is 0 Å². The molecule has 0 N–H and O–H groups in total. The number of nitrogens with zero attached hydrogens (tertiary/aromatic N) is 4. The van der Waals surface area contributed by atoms with Crippen LogP contribution in [0.25, 0.3) is 104 Å². The van der Waals surface area contributed by atoms with E-state index in [4.69, 9.17) is 4.98 Å². The van der Waals surface area contributed by atoms with Crippen LogP contribution in [-0.2, 0) is 0 Å². The van der Waals surface area contributed by atoms with Crippen LogP contribution in [0.5, 0.6) is 0 Å². The van der Waals surface area contributed by atoms with Crippen molar-refractivity contribution in [3.8, 4) is 45.0 Å². The van der Waals surface area contributed by atoms with Gasteiger partial charge in [0.05, 0.1) is 43.7 Å². The lowest BCUT2D eigenvalue weighted by molar-refractivity contribution is 1.18. The van der Waals surface area contributed by atoms with Gasteiger partial charge in [-0.15, -0.1) is 0 Å². The Kier molecular flexibility index (Phi) is 6.76. The molecule has 12 rings (SSSR count). The Labute approximate surface area is 326 Å². The minimum Gasteiger partial charge on any atom is -0.309 e. The molecule has 0 unspecified atom stereocenters. The number of hydrogen-bond donors (Lipinski definition) is 0. The Hall–Kier alpha value is -7.21. The standard InChI is InChI=1S/C51H32N4S/c1-4-14-33(15-5-1)50-49(36-25-28-45-42(30-36)40-21-11-13-23-44(40)53(45)37-16-6-2-7-17-37)52-51-55(50)47-32-35(26-29-48(47)56-51)34-24-27-41-39-20-10-12-22-43(39)54(46(41)31-34)38-18-8-3-9-19-38/h1-32H. The second-order valence-corrected chi connectivity index (χ2v) is 15.4. The van der Waals surface area contributed by atoms with Gasteiger partial charge in [0.25, 0.3) is 0 Å². The molecular formula is C51H32N4S. The van der Waals surface area contributed by atoms with Gasteiger partial charge in [-0.05, 0) is 77.9 Å². The minimum atomic E-state index is 0.984. The highest BCUT2D eigenvalue weighted by atomic mass is 32.1. The maximum Gasteiger partial charge on any atom is 0.195 e. The molecule has 0 saturated heterocycles. The van der Waals surface area contributed by atoms with Gasteiger partial charge < -0.3 is 9.13 Å². The van der Waals surface area contributed by atoms with E-state index in [1.165, 1.54) is 59.4 Å². The summed E-state index contributed by atoms with van der Waals surface area (Å²) in [5.74, 6) is 0. The Morgan fingerprint density at radius 3 is 1.57 bits per heavy atom. The SMILES string of the molecule is c1ccc(-c2c(-c3ccc4c(c3)c3ccccc3n4-c3ccccc3)nc3sc4ccc(-c5ccc6c7ccccc7n(-c7ccccc7)c6c5)cc4n23)cc1. The molecule has 56 heavy (non-hydrogen) atoms. The van der Waals surface area contributed by atoms with Crippen LogP contribution in [0.3, 0.4) is 0 Å². The van der Waals surface area contributed by atoms with Crippen LogP contribution in [0.15, 0.2) is 194 Å². The predicted octanol–water partition coefficient (Wildman–Crippen LogP) is 13.7. The number of thiazole rings is 1. The average molecular weight is 733 g/mol. The van der Waals surface area contributed by atoms with E-state index >= 15 is 0 Å². The van der Waals surface area contributed by atoms with Gasteiger partial charge in [0.15, 0.2) is 4.96 Å². The van der Waals surface area contributed by atoms with E-state index < -0.39 is 0 Å². The van der Waals surface area contributed by atoms with Crippen molar-refractivity contribution in [2.24, 2.45) is 0 Å². The largest absolute Gasteiger partial charge is 0.309 e. The zero-order chi connectivity index (χ0) is 36.7. The van der Waals surface area contributed by atoms with E-state index in [0.29, 0.717) is 0 Å². The molecule has 4 heterocycles. The van der Waals surface area contributed by atoms with Crippen molar-refractivity contribution in [1.82, 2.24) is 18.5 Å². The molecule has 0 amide bonds. The fourth-order valence-electron chi connectivity index (χ4n) is 8.79. The van der Waals surface area contributed by atoms with E-state index in [2.05, 4.69) is 208 Å². The van der Waals surface area contributed by atoms with Gasteiger partial charge in [-0.25, -0.2) is 4.98 Å². The second-order valence-electron chi connectivity index (χ2n) is 14.4. The molecule has 0 aliphatic rings. The summed E-state index contributed by atoms with van der Waals surface area (Å²) in [6, 6.07) is 70.1. The maximum absolute atomic E-state index is 5.43. The van der Waals surface area contributed by atoms with Gasteiger partial charge in [-0.1, -0.05) is 139 Å². The molecular weight excluding hydrogens is 701 g/mol. The van der Waals surface area contributed by atoms with Crippen LogP contribution in [0, 0.1) is 0 Å². The Bertz CT molecular complexity index is 3460. The van der Waals surface area contributed by atoms with Crippen molar-refractivity contribution in [3.05, 3.63) is 194 Å². The third kappa shape index (κ3) is 4.62. The number of fused-ring (bicyclic) bond motifs is 9. The molecule has 5 heteroatoms. The van der Waals surface area contributed by atoms with E-state index in [-0.39, 0.29) is 0 Å². The smallest absolute Gasteiger partial charge is 0.195 e. The van der Waals surface area contributed by atoms with Gasteiger partial charge >= 0.3 is 0 Å². The van der Waals surface area contributed by atoms with Crippen LogP contribution in [0.1, 0.15) is 0 Å². The van der Waals surface area contributed by atoms with Crippen molar-refractivity contribution in [2.45, 2.75) is 0 Å². The fraction of sp³-hybridized carbons (Fsp3) is 0. The summed E-state index contributed by atoms with van der Waals surface area (Å²) in [7, 11) is 0. The van der Waals surface area contributed by atoms with Crippen molar-refractivity contribution >= 4 is 70.1 Å². The number of aromatic nitrogens is 4. The Balaban J connectivity index is 1.07. The van der Waals surface area contributed by atoms with Crippen LogP contribution < -0.4 is 0 Å². The molecule has 0 aliphatic carbocycles. The molecule has 4 nitrogen and oxygen atoms in total. The zero-order valence-electron chi connectivity index (χ0n) is 30.2. The summed E-state index contributed by atoms with van der Waals surface area (Å²) in [5, 5.41) is 4.96. The van der Waals surface area contributed by atoms with Crippen LogP contribution >= 0.6 is 11.3 Å². The molecule has 0 bridgehead atoms.